The molecule has 1 aromatic carbocycles. The zero-order chi connectivity index (χ0) is 17.3. The van der Waals surface area contributed by atoms with Crippen LogP contribution in [0.4, 0.5) is 17.5 Å². The molecule has 4 heterocycles. The molecule has 0 unspecified atom stereocenters. The van der Waals surface area contributed by atoms with E-state index in [0.717, 1.165) is 47.1 Å². The number of aromatic nitrogens is 3. The van der Waals surface area contributed by atoms with Gasteiger partial charge in [0, 0.05) is 42.0 Å². The van der Waals surface area contributed by atoms with Crippen LogP contribution in [0.1, 0.15) is 11.1 Å². The van der Waals surface area contributed by atoms with Crippen LogP contribution in [0.3, 0.4) is 0 Å². The van der Waals surface area contributed by atoms with Gasteiger partial charge in [-0.3, -0.25) is 9.98 Å². The summed E-state index contributed by atoms with van der Waals surface area (Å²) in [5.41, 5.74) is 4.19. The van der Waals surface area contributed by atoms with Gasteiger partial charge in [-0.1, -0.05) is 30.3 Å². The first-order chi connectivity index (χ1) is 12.9. The van der Waals surface area contributed by atoms with E-state index in [9.17, 15) is 0 Å². The van der Waals surface area contributed by atoms with Crippen molar-refractivity contribution < 1.29 is 0 Å². The van der Waals surface area contributed by atoms with Gasteiger partial charge in [0.05, 0.1) is 6.54 Å². The van der Waals surface area contributed by atoms with Crippen LogP contribution in [-0.2, 0) is 0 Å². The second-order valence-corrected chi connectivity index (χ2v) is 6.11. The molecule has 2 aliphatic rings. The maximum Gasteiger partial charge on any atom is 0.229 e. The largest absolute Gasteiger partial charge is 0.324 e. The number of rotatable bonds is 3. The first-order valence-electron chi connectivity index (χ1n) is 8.52. The fraction of sp³-hybridized carbons (Fsp3) is 0.100. The van der Waals surface area contributed by atoms with E-state index in [2.05, 4.69) is 38.4 Å². The number of fused-ring (bicyclic) bond motifs is 3. The van der Waals surface area contributed by atoms with E-state index in [4.69, 9.17) is 9.98 Å². The highest BCUT2D eigenvalue weighted by atomic mass is 15.3. The standard InChI is InChI=1S/C20H16N6/c1-2-4-14(5-3-1)17-12-15-13-23-20(24-16-6-8-21-9-7-16)25-18(15)26-11-10-22-19(17)26/h1-9,12-13H,10-11H2,(H,21,23,24,25). The van der Waals surface area contributed by atoms with Crippen LogP contribution >= 0.6 is 0 Å². The quantitative estimate of drug-likeness (QED) is 0.792. The number of aliphatic imine (C=N–C) groups is 1. The Kier molecular flexibility index (Phi) is 3.45. The molecule has 2 aliphatic heterocycles. The Morgan fingerprint density at radius 2 is 1.85 bits per heavy atom. The molecule has 2 aromatic heterocycles. The molecule has 126 valence electrons. The topological polar surface area (TPSA) is 66.3 Å². The van der Waals surface area contributed by atoms with Crippen molar-refractivity contribution in [3.8, 4) is 0 Å². The summed E-state index contributed by atoms with van der Waals surface area (Å²) in [6.45, 7) is 1.61. The summed E-state index contributed by atoms with van der Waals surface area (Å²) in [4.78, 5) is 20.1. The molecule has 0 saturated heterocycles. The number of hydrogen-bond donors (Lipinski definition) is 1. The van der Waals surface area contributed by atoms with E-state index in [1.54, 1.807) is 12.4 Å². The maximum atomic E-state index is 4.74. The van der Waals surface area contributed by atoms with Crippen molar-refractivity contribution in [2.75, 3.05) is 23.3 Å². The van der Waals surface area contributed by atoms with Crippen LogP contribution in [0.5, 0.6) is 0 Å². The normalized spacial score (nSPS) is 15.0. The number of nitrogens with one attached hydrogen (secondary N) is 1. The van der Waals surface area contributed by atoms with E-state index in [-0.39, 0.29) is 0 Å². The second-order valence-electron chi connectivity index (χ2n) is 6.11. The van der Waals surface area contributed by atoms with Crippen LogP contribution in [0.2, 0.25) is 0 Å². The van der Waals surface area contributed by atoms with Crippen molar-refractivity contribution in [3.05, 3.63) is 72.2 Å². The third-order valence-electron chi connectivity index (χ3n) is 4.45. The molecule has 0 amide bonds. The van der Waals surface area contributed by atoms with Gasteiger partial charge in [0.2, 0.25) is 5.95 Å². The first kappa shape index (κ1) is 14.8. The van der Waals surface area contributed by atoms with Crippen molar-refractivity contribution >= 4 is 34.9 Å². The van der Waals surface area contributed by atoms with E-state index >= 15 is 0 Å². The minimum atomic E-state index is 0.567. The Morgan fingerprint density at radius 3 is 2.69 bits per heavy atom. The van der Waals surface area contributed by atoms with E-state index in [1.165, 1.54) is 0 Å². The van der Waals surface area contributed by atoms with Crippen LogP contribution < -0.4 is 10.2 Å². The summed E-state index contributed by atoms with van der Waals surface area (Å²) in [7, 11) is 0. The molecule has 0 aliphatic carbocycles. The van der Waals surface area contributed by atoms with E-state index in [0.29, 0.717) is 5.95 Å². The van der Waals surface area contributed by atoms with Gasteiger partial charge in [0.25, 0.3) is 0 Å². The highest BCUT2D eigenvalue weighted by Crippen LogP contribution is 2.35. The fourth-order valence-corrected chi connectivity index (χ4v) is 3.26. The lowest BCUT2D eigenvalue weighted by Crippen LogP contribution is -2.32. The molecule has 0 bridgehead atoms. The molecule has 0 saturated carbocycles. The molecule has 6 nitrogen and oxygen atoms in total. The molecule has 0 radical (unpaired) electrons. The Labute approximate surface area is 151 Å². The number of anilines is 3. The van der Waals surface area contributed by atoms with Crippen LogP contribution in [0.25, 0.3) is 11.6 Å². The number of nitrogens with zero attached hydrogens (tertiary/aromatic N) is 5. The van der Waals surface area contributed by atoms with Crippen molar-refractivity contribution in [2.45, 2.75) is 0 Å². The molecule has 5 rings (SSSR count). The van der Waals surface area contributed by atoms with E-state index in [1.807, 2.05) is 36.5 Å². The second kappa shape index (κ2) is 6.07. The number of benzene rings is 1. The third kappa shape index (κ3) is 2.52. The lowest BCUT2D eigenvalue weighted by atomic mass is 9.99. The Balaban J connectivity index is 1.56. The lowest BCUT2D eigenvalue weighted by Gasteiger charge is -2.27. The number of hydrogen-bond acceptors (Lipinski definition) is 6. The zero-order valence-corrected chi connectivity index (χ0v) is 14.0. The number of pyridine rings is 1. The fourth-order valence-electron chi connectivity index (χ4n) is 3.26. The SMILES string of the molecule is C1=C(c2ccccc2)C2=NCCN2c2nc(Nc3ccncc3)ncc21. The highest BCUT2D eigenvalue weighted by molar-refractivity contribution is 6.35. The Morgan fingerprint density at radius 1 is 1.00 bits per heavy atom. The Bertz CT molecular complexity index is 1010. The summed E-state index contributed by atoms with van der Waals surface area (Å²) in [5, 5.41) is 3.23. The Hall–Kier alpha value is -3.54. The summed E-state index contributed by atoms with van der Waals surface area (Å²) in [5.74, 6) is 2.45. The van der Waals surface area contributed by atoms with Gasteiger partial charge in [0.15, 0.2) is 0 Å². The predicted octanol–water partition coefficient (Wildman–Crippen LogP) is 3.39. The average molecular weight is 340 g/mol. The summed E-state index contributed by atoms with van der Waals surface area (Å²) in [6.07, 6.45) is 7.47. The van der Waals surface area contributed by atoms with Gasteiger partial charge < -0.3 is 10.2 Å². The minimum absolute atomic E-state index is 0.567. The van der Waals surface area contributed by atoms with Gasteiger partial charge in [-0.05, 0) is 23.8 Å². The van der Waals surface area contributed by atoms with Gasteiger partial charge in [0.1, 0.15) is 11.7 Å². The van der Waals surface area contributed by atoms with Crippen LogP contribution in [-0.4, -0.2) is 33.9 Å². The lowest BCUT2D eigenvalue weighted by molar-refractivity contribution is 0.987. The van der Waals surface area contributed by atoms with Gasteiger partial charge in [-0.25, -0.2) is 4.98 Å². The van der Waals surface area contributed by atoms with Crippen molar-refractivity contribution in [3.63, 3.8) is 0 Å². The maximum absolute atomic E-state index is 4.74. The average Bonchev–Trinajstić information content (AvgIpc) is 3.19. The zero-order valence-electron chi connectivity index (χ0n) is 14.0. The minimum Gasteiger partial charge on any atom is -0.324 e. The van der Waals surface area contributed by atoms with Crippen LogP contribution in [0.15, 0.2) is 66.0 Å². The van der Waals surface area contributed by atoms with E-state index < -0.39 is 0 Å². The van der Waals surface area contributed by atoms with Gasteiger partial charge in [-0.15, -0.1) is 0 Å². The molecular weight excluding hydrogens is 324 g/mol. The monoisotopic (exact) mass is 340 g/mol. The molecule has 26 heavy (non-hydrogen) atoms. The van der Waals surface area contributed by atoms with Crippen molar-refractivity contribution in [1.29, 1.82) is 0 Å². The molecule has 1 N–H and O–H groups in total. The first-order valence-corrected chi connectivity index (χ1v) is 8.52. The highest BCUT2D eigenvalue weighted by Gasteiger charge is 2.30. The summed E-state index contributed by atoms with van der Waals surface area (Å²) >= 11 is 0. The molecule has 0 atom stereocenters. The van der Waals surface area contributed by atoms with Crippen molar-refractivity contribution in [2.24, 2.45) is 4.99 Å². The molecule has 3 aromatic rings. The molecule has 0 fully saturated rings. The summed E-state index contributed by atoms with van der Waals surface area (Å²) in [6, 6.07) is 14.1. The summed E-state index contributed by atoms with van der Waals surface area (Å²) < 4.78 is 0. The smallest absolute Gasteiger partial charge is 0.229 e. The number of amidine groups is 1. The predicted molar refractivity (Wildman–Crippen MR) is 104 cm³/mol. The van der Waals surface area contributed by atoms with Crippen LogP contribution in [0, 0.1) is 0 Å². The van der Waals surface area contributed by atoms with Crippen molar-refractivity contribution in [1.82, 2.24) is 15.0 Å². The molecule has 0 spiro atoms. The molecular formula is C20H16N6. The van der Waals surface area contributed by atoms with Gasteiger partial charge in [-0.2, -0.15) is 4.98 Å². The third-order valence-corrected chi connectivity index (χ3v) is 4.45. The molecule has 6 heteroatoms. The van der Waals surface area contributed by atoms with Gasteiger partial charge >= 0.3 is 0 Å².